The van der Waals surface area contributed by atoms with E-state index in [1.165, 1.54) is 83.5 Å². The highest BCUT2D eigenvalue weighted by molar-refractivity contribution is 7.19. The monoisotopic (exact) mass is 272 g/mol. The molecule has 0 saturated heterocycles. The molecule has 0 aliphatic carbocycles. The van der Waals surface area contributed by atoms with Gasteiger partial charge < -0.3 is 0 Å². The number of rotatable bonds is 13. The van der Waals surface area contributed by atoms with Crippen LogP contribution in [-0.2, 0) is 0 Å². The van der Waals surface area contributed by atoms with Crippen LogP contribution in [-0.4, -0.2) is 5.16 Å². The zero-order valence-electron chi connectivity index (χ0n) is 13.3. The van der Waals surface area contributed by atoms with E-state index in [2.05, 4.69) is 30.0 Å². The first kappa shape index (κ1) is 18.4. The molecule has 0 aromatic rings. The van der Waals surface area contributed by atoms with Gasteiger partial charge >= 0.3 is 0 Å². The lowest BCUT2D eigenvalue weighted by Crippen LogP contribution is -2.20. The van der Waals surface area contributed by atoms with E-state index < -0.39 is 0 Å². The minimum atomic E-state index is 0.568. The summed E-state index contributed by atoms with van der Waals surface area (Å²) in [6, 6.07) is 0. The van der Waals surface area contributed by atoms with E-state index in [0.717, 1.165) is 0 Å². The molecule has 110 valence electrons. The van der Waals surface area contributed by atoms with Crippen LogP contribution in [0.5, 0.6) is 0 Å². The molecule has 0 nitrogen and oxygen atoms in total. The topological polar surface area (TPSA) is 0 Å². The molecule has 0 aromatic heterocycles. The molecule has 1 atom stereocenters. The second kappa shape index (κ2) is 12.5. The van der Waals surface area contributed by atoms with Crippen LogP contribution in [0.3, 0.4) is 0 Å². The summed E-state index contributed by atoms with van der Waals surface area (Å²) in [5.74, 6) is 0. The van der Waals surface area contributed by atoms with Crippen LogP contribution < -0.4 is 0 Å². The third kappa shape index (κ3) is 10.4. The van der Waals surface area contributed by atoms with E-state index >= 15 is 0 Å². The van der Waals surface area contributed by atoms with Crippen LogP contribution >= 0.6 is 9.24 Å². The smallest absolute Gasteiger partial charge is 0.0150 e. The molecule has 0 rings (SSSR count). The first-order valence-electron chi connectivity index (χ1n) is 8.47. The van der Waals surface area contributed by atoms with Gasteiger partial charge in [-0.1, -0.05) is 85.0 Å². The van der Waals surface area contributed by atoms with Crippen LogP contribution in [0.4, 0.5) is 0 Å². The Balaban J connectivity index is 3.95. The Hall–Kier alpha value is 0.430. The summed E-state index contributed by atoms with van der Waals surface area (Å²) in [6.45, 7) is 6.92. The molecule has 0 fully saturated rings. The maximum absolute atomic E-state index is 3.24. The predicted molar refractivity (Wildman–Crippen MR) is 89.5 cm³/mol. The lowest BCUT2D eigenvalue weighted by Gasteiger charge is -2.30. The molecule has 0 spiro atoms. The zero-order chi connectivity index (χ0) is 13.7. The molecule has 0 aliphatic rings. The molecule has 1 heteroatoms. The highest BCUT2D eigenvalue weighted by Crippen LogP contribution is 2.36. The Morgan fingerprint density at radius 2 is 0.889 bits per heavy atom. The maximum atomic E-state index is 3.24. The molecule has 0 aliphatic heterocycles. The summed E-state index contributed by atoms with van der Waals surface area (Å²) >= 11 is 0. The molecule has 0 heterocycles. The molecule has 0 saturated carbocycles. The highest BCUT2D eigenvalue weighted by Gasteiger charge is 2.22. The summed E-state index contributed by atoms with van der Waals surface area (Å²) in [7, 11) is 3.24. The Labute approximate surface area is 119 Å². The van der Waals surface area contributed by atoms with Crippen molar-refractivity contribution in [1.29, 1.82) is 0 Å². The minimum absolute atomic E-state index is 0.568. The number of unbranched alkanes of at least 4 members (excludes halogenated alkanes) is 7. The highest BCUT2D eigenvalue weighted by atomic mass is 31.0. The van der Waals surface area contributed by atoms with E-state index in [1.807, 2.05) is 0 Å². The molecule has 0 N–H and O–H groups in total. The van der Waals surface area contributed by atoms with Crippen LogP contribution in [0.15, 0.2) is 0 Å². The fraction of sp³-hybridized carbons (Fsp3) is 1.00. The molecule has 0 amide bonds. The fourth-order valence-electron chi connectivity index (χ4n) is 2.73. The Kier molecular flexibility index (Phi) is 12.8. The molecule has 0 bridgehead atoms. The van der Waals surface area contributed by atoms with Gasteiger partial charge in [0.2, 0.25) is 0 Å². The second-order valence-corrected chi connectivity index (χ2v) is 7.31. The van der Waals surface area contributed by atoms with Crippen molar-refractivity contribution in [3.63, 3.8) is 0 Å². The van der Waals surface area contributed by atoms with Gasteiger partial charge in [-0.15, -0.1) is 9.24 Å². The van der Waals surface area contributed by atoms with E-state index in [-0.39, 0.29) is 0 Å². The van der Waals surface area contributed by atoms with Crippen LogP contribution in [0.2, 0.25) is 0 Å². The second-order valence-electron chi connectivity index (χ2n) is 6.09. The quantitative estimate of drug-likeness (QED) is 0.257. The van der Waals surface area contributed by atoms with E-state index in [9.17, 15) is 0 Å². The lowest BCUT2D eigenvalue weighted by atomic mass is 9.89. The van der Waals surface area contributed by atoms with Crippen LogP contribution in [0.1, 0.15) is 104 Å². The molecule has 18 heavy (non-hydrogen) atoms. The van der Waals surface area contributed by atoms with Gasteiger partial charge in [0.25, 0.3) is 0 Å². The summed E-state index contributed by atoms with van der Waals surface area (Å²) in [4.78, 5) is 0. The Bertz CT molecular complexity index is 155. The van der Waals surface area contributed by atoms with Gasteiger partial charge in [-0.05, 0) is 24.4 Å². The van der Waals surface area contributed by atoms with Crippen molar-refractivity contribution in [2.45, 2.75) is 109 Å². The summed E-state index contributed by atoms with van der Waals surface area (Å²) in [6.07, 6.45) is 18.4. The first-order chi connectivity index (χ1) is 8.68. The van der Waals surface area contributed by atoms with Gasteiger partial charge in [0.1, 0.15) is 0 Å². The first-order valence-corrected chi connectivity index (χ1v) is 9.05. The van der Waals surface area contributed by atoms with Crippen LogP contribution in [0.25, 0.3) is 0 Å². The SMILES string of the molecule is CCCCCCC(P)(CCCCC)CCCCC. The minimum Gasteiger partial charge on any atom is -0.131 e. The molecule has 0 aromatic carbocycles. The number of hydrogen-bond acceptors (Lipinski definition) is 0. The Morgan fingerprint density at radius 3 is 1.28 bits per heavy atom. The summed E-state index contributed by atoms with van der Waals surface area (Å²) < 4.78 is 0. The van der Waals surface area contributed by atoms with E-state index in [1.54, 1.807) is 0 Å². The average molecular weight is 272 g/mol. The van der Waals surface area contributed by atoms with Gasteiger partial charge in [-0.25, -0.2) is 0 Å². The van der Waals surface area contributed by atoms with Crippen LogP contribution in [0, 0.1) is 0 Å². The lowest BCUT2D eigenvalue weighted by molar-refractivity contribution is 0.410. The van der Waals surface area contributed by atoms with Gasteiger partial charge in [0.05, 0.1) is 0 Å². The largest absolute Gasteiger partial charge is 0.131 e. The fourth-order valence-corrected chi connectivity index (χ4v) is 3.35. The third-order valence-corrected chi connectivity index (χ3v) is 4.95. The Morgan fingerprint density at radius 1 is 0.556 bits per heavy atom. The van der Waals surface area contributed by atoms with Crippen molar-refractivity contribution in [3.05, 3.63) is 0 Å². The van der Waals surface area contributed by atoms with Gasteiger partial charge in [-0.3, -0.25) is 0 Å². The maximum Gasteiger partial charge on any atom is -0.0150 e. The van der Waals surface area contributed by atoms with Gasteiger partial charge in [0, 0.05) is 0 Å². The molecular formula is C17H37P. The summed E-state index contributed by atoms with van der Waals surface area (Å²) in [5, 5.41) is 0.568. The van der Waals surface area contributed by atoms with Crippen molar-refractivity contribution in [1.82, 2.24) is 0 Å². The molecular weight excluding hydrogens is 235 g/mol. The van der Waals surface area contributed by atoms with Crippen molar-refractivity contribution >= 4 is 9.24 Å². The predicted octanol–water partition coefficient (Wildman–Crippen LogP) is 6.73. The van der Waals surface area contributed by atoms with Gasteiger partial charge in [-0.2, -0.15) is 0 Å². The third-order valence-electron chi connectivity index (χ3n) is 4.08. The normalized spacial score (nSPS) is 12.0. The van der Waals surface area contributed by atoms with Crippen molar-refractivity contribution in [2.24, 2.45) is 0 Å². The van der Waals surface area contributed by atoms with Crippen molar-refractivity contribution in [2.75, 3.05) is 0 Å². The summed E-state index contributed by atoms with van der Waals surface area (Å²) in [5.41, 5.74) is 0. The van der Waals surface area contributed by atoms with Crippen molar-refractivity contribution < 1.29 is 0 Å². The van der Waals surface area contributed by atoms with Gasteiger partial charge in [0.15, 0.2) is 0 Å². The molecule has 1 unspecified atom stereocenters. The standard InChI is InChI=1S/C17H37P/c1-4-7-10-13-16-17(18,14-11-8-5-2)15-12-9-6-3/h4-16,18H2,1-3H3. The number of hydrogen-bond donors (Lipinski definition) is 0. The zero-order valence-corrected chi connectivity index (χ0v) is 14.4. The van der Waals surface area contributed by atoms with E-state index in [0.29, 0.717) is 5.16 Å². The average Bonchev–Trinajstić information content (AvgIpc) is 2.36. The molecule has 0 radical (unpaired) electrons. The van der Waals surface area contributed by atoms with E-state index in [4.69, 9.17) is 0 Å². The van der Waals surface area contributed by atoms with Crippen molar-refractivity contribution in [3.8, 4) is 0 Å².